The van der Waals surface area contributed by atoms with E-state index in [0.717, 1.165) is 18.5 Å². The number of nitrogens with zero attached hydrogens (tertiary/aromatic N) is 1. The lowest BCUT2D eigenvalue weighted by molar-refractivity contribution is -0.144. The van der Waals surface area contributed by atoms with E-state index in [9.17, 15) is 9.90 Å². The molecule has 2 rings (SSSR count). The first-order chi connectivity index (χ1) is 9.01. The van der Waals surface area contributed by atoms with E-state index in [1.807, 2.05) is 37.4 Å². The molecule has 4 heteroatoms. The molecule has 0 radical (unpaired) electrons. The van der Waals surface area contributed by atoms with Crippen molar-refractivity contribution in [1.29, 1.82) is 0 Å². The first kappa shape index (κ1) is 13.9. The van der Waals surface area contributed by atoms with Crippen LogP contribution in [0.5, 0.6) is 0 Å². The van der Waals surface area contributed by atoms with Gasteiger partial charge in [0, 0.05) is 25.3 Å². The molecule has 1 atom stereocenters. The zero-order valence-electron chi connectivity index (χ0n) is 11.6. The van der Waals surface area contributed by atoms with E-state index in [-0.39, 0.29) is 0 Å². The highest BCUT2D eigenvalue weighted by Crippen LogP contribution is 2.25. The van der Waals surface area contributed by atoms with Crippen LogP contribution in [0.2, 0.25) is 0 Å². The summed E-state index contributed by atoms with van der Waals surface area (Å²) in [6, 6.07) is 10.4. The second-order valence-electron chi connectivity index (χ2n) is 5.56. The van der Waals surface area contributed by atoms with Crippen molar-refractivity contribution >= 4 is 11.7 Å². The van der Waals surface area contributed by atoms with Gasteiger partial charge in [0.05, 0.1) is 0 Å². The topological polar surface area (TPSA) is 52.6 Å². The molecule has 1 saturated carbocycles. The second-order valence-corrected chi connectivity index (χ2v) is 5.56. The van der Waals surface area contributed by atoms with E-state index < -0.39 is 11.5 Å². The minimum Gasteiger partial charge on any atom is -0.480 e. The van der Waals surface area contributed by atoms with Crippen LogP contribution in [0.15, 0.2) is 30.3 Å². The number of carboxylic acid groups (broad SMARTS) is 1. The molecule has 0 bridgehead atoms. The fourth-order valence-electron chi connectivity index (χ4n) is 2.12. The number of carbonyl (C=O) groups is 1. The summed E-state index contributed by atoms with van der Waals surface area (Å²) in [4.78, 5) is 13.5. The fraction of sp³-hybridized carbons (Fsp3) is 0.533. The van der Waals surface area contributed by atoms with Gasteiger partial charge >= 0.3 is 5.97 Å². The smallest absolute Gasteiger partial charge is 0.323 e. The SMILES string of the molecule is CN(CCC(C)(NC1CC1)C(=O)O)c1ccccc1. The van der Waals surface area contributed by atoms with Crippen LogP contribution in [0, 0.1) is 0 Å². The van der Waals surface area contributed by atoms with Crippen LogP contribution < -0.4 is 10.2 Å². The number of benzene rings is 1. The van der Waals surface area contributed by atoms with Crippen molar-refractivity contribution < 1.29 is 9.90 Å². The number of nitrogens with one attached hydrogen (secondary N) is 1. The summed E-state index contributed by atoms with van der Waals surface area (Å²) in [5, 5.41) is 12.7. The largest absolute Gasteiger partial charge is 0.480 e. The van der Waals surface area contributed by atoms with Gasteiger partial charge < -0.3 is 10.0 Å². The molecule has 1 unspecified atom stereocenters. The number of para-hydroxylation sites is 1. The molecule has 0 amide bonds. The molecule has 0 heterocycles. The van der Waals surface area contributed by atoms with Gasteiger partial charge in [0.1, 0.15) is 5.54 Å². The molecule has 1 aliphatic carbocycles. The molecule has 1 aromatic rings. The second kappa shape index (κ2) is 5.61. The normalized spacial score (nSPS) is 17.8. The van der Waals surface area contributed by atoms with Crippen molar-refractivity contribution in [3.63, 3.8) is 0 Å². The van der Waals surface area contributed by atoms with Crippen molar-refractivity contribution in [3.05, 3.63) is 30.3 Å². The molecule has 1 aliphatic rings. The Balaban J connectivity index is 1.93. The lowest BCUT2D eigenvalue weighted by Gasteiger charge is -2.29. The Hall–Kier alpha value is -1.55. The first-order valence-corrected chi connectivity index (χ1v) is 6.78. The van der Waals surface area contributed by atoms with E-state index in [2.05, 4.69) is 10.2 Å². The maximum absolute atomic E-state index is 11.5. The first-order valence-electron chi connectivity index (χ1n) is 6.78. The van der Waals surface area contributed by atoms with Gasteiger partial charge in [-0.05, 0) is 38.3 Å². The maximum atomic E-state index is 11.5. The van der Waals surface area contributed by atoms with E-state index in [1.54, 1.807) is 6.92 Å². The number of hydrogen-bond acceptors (Lipinski definition) is 3. The third-order valence-electron chi connectivity index (χ3n) is 3.72. The molecule has 0 saturated heterocycles. The molecule has 2 N–H and O–H groups in total. The van der Waals surface area contributed by atoms with Gasteiger partial charge in [-0.2, -0.15) is 0 Å². The lowest BCUT2D eigenvalue weighted by Crippen LogP contribution is -2.52. The zero-order chi connectivity index (χ0) is 13.9. The molecule has 0 aliphatic heterocycles. The Morgan fingerprint density at radius 2 is 2.05 bits per heavy atom. The van der Waals surface area contributed by atoms with Crippen LogP contribution in [0.3, 0.4) is 0 Å². The van der Waals surface area contributed by atoms with Crippen molar-refractivity contribution in [2.45, 2.75) is 37.8 Å². The monoisotopic (exact) mass is 262 g/mol. The number of rotatable bonds is 7. The van der Waals surface area contributed by atoms with Gasteiger partial charge in [0.25, 0.3) is 0 Å². The summed E-state index contributed by atoms with van der Waals surface area (Å²) in [5.74, 6) is -0.763. The van der Waals surface area contributed by atoms with Crippen LogP contribution in [0.25, 0.3) is 0 Å². The van der Waals surface area contributed by atoms with Crippen LogP contribution in [0.4, 0.5) is 5.69 Å². The minimum atomic E-state index is -0.829. The quantitative estimate of drug-likeness (QED) is 0.790. The summed E-state index contributed by atoms with van der Waals surface area (Å²) in [7, 11) is 1.99. The number of anilines is 1. The zero-order valence-corrected chi connectivity index (χ0v) is 11.6. The van der Waals surface area contributed by atoms with E-state index in [1.165, 1.54) is 0 Å². The van der Waals surface area contributed by atoms with Crippen LogP contribution >= 0.6 is 0 Å². The number of hydrogen-bond donors (Lipinski definition) is 2. The molecule has 4 nitrogen and oxygen atoms in total. The minimum absolute atomic E-state index is 0.392. The summed E-state index contributed by atoms with van der Waals surface area (Å²) < 4.78 is 0. The van der Waals surface area contributed by atoms with E-state index in [0.29, 0.717) is 19.0 Å². The Kier molecular flexibility index (Phi) is 4.10. The van der Waals surface area contributed by atoms with Gasteiger partial charge in [-0.25, -0.2) is 0 Å². The van der Waals surface area contributed by atoms with Gasteiger partial charge in [0.15, 0.2) is 0 Å². The molecular formula is C15H22N2O2. The third-order valence-corrected chi connectivity index (χ3v) is 3.72. The Bertz CT molecular complexity index is 431. The van der Waals surface area contributed by atoms with Crippen molar-refractivity contribution in [2.24, 2.45) is 0 Å². The Morgan fingerprint density at radius 1 is 1.42 bits per heavy atom. The highest BCUT2D eigenvalue weighted by atomic mass is 16.4. The summed E-state index contributed by atoms with van der Waals surface area (Å²) in [5.41, 5.74) is 0.283. The van der Waals surface area contributed by atoms with E-state index in [4.69, 9.17) is 0 Å². The van der Waals surface area contributed by atoms with Gasteiger partial charge in [-0.3, -0.25) is 10.1 Å². The summed E-state index contributed by atoms with van der Waals surface area (Å²) in [6.07, 6.45) is 2.78. The van der Waals surface area contributed by atoms with Crippen molar-refractivity contribution in [3.8, 4) is 0 Å². The molecule has 0 spiro atoms. The van der Waals surface area contributed by atoms with Crippen molar-refractivity contribution in [1.82, 2.24) is 5.32 Å². The standard InChI is InChI=1S/C15H22N2O2/c1-15(14(18)19,16-12-8-9-12)10-11-17(2)13-6-4-3-5-7-13/h3-7,12,16H,8-11H2,1-2H3,(H,18,19). The third kappa shape index (κ3) is 3.70. The Morgan fingerprint density at radius 3 is 2.58 bits per heavy atom. The molecule has 1 fully saturated rings. The summed E-state index contributed by atoms with van der Waals surface area (Å²) >= 11 is 0. The predicted octanol–water partition coefficient (Wildman–Crippen LogP) is 2.11. The van der Waals surface area contributed by atoms with Crippen LogP contribution in [-0.2, 0) is 4.79 Å². The highest BCUT2D eigenvalue weighted by Gasteiger charge is 2.38. The average molecular weight is 262 g/mol. The number of aliphatic carboxylic acids is 1. The van der Waals surface area contributed by atoms with E-state index >= 15 is 0 Å². The van der Waals surface area contributed by atoms with Gasteiger partial charge in [-0.1, -0.05) is 18.2 Å². The fourth-order valence-corrected chi connectivity index (χ4v) is 2.12. The van der Waals surface area contributed by atoms with Crippen molar-refractivity contribution in [2.75, 3.05) is 18.5 Å². The molecule has 1 aromatic carbocycles. The average Bonchev–Trinajstić information content (AvgIpc) is 3.20. The number of carboxylic acids is 1. The maximum Gasteiger partial charge on any atom is 0.323 e. The molecule has 19 heavy (non-hydrogen) atoms. The lowest BCUT2D eigenvalue weighted by atomic mass is 9.97. The highest BCUT2D eigenvalue weighted by molar-refractivity contribution is 5.78. The van der Waals surface area contributed by atoms with Gasteiger partial charge in [-0.15, -0.1) is 0 Å². The van der Waals surface area contributed by atoms with Gasteiger partial charge in [0.2, 0.25) is 0 Å². The molecule has 104 valence electrons. The Labute approximate surface area is 114 Å². The summed E-state index contributed by atoms with van der Waals surface area (Å²) in [6.45, 7) is 2.50. The van der Waals surface area contributed by atoms with Crippen LogP contribution in [0.1, 0.15) is 26.2 Å². The molecular weight excluding hydrogens is 240 g/mol. The predicted molar refractivity (Wildman–Crippen MR) is 76.5 cm³/mol. The van der Waals surface area contributed by atoms with Crippen LogP contribution in [-0.4, -0.2) is 36.2 Å². The molecule has 0 aromatic heterocycles.